The molecular formula is C64H120N8O16Zn. The zero-order valence-electron chi connectivity index (χ0n) is 55.7. The molecule has 9 rings (SSSR count). The van der Waals surface area contributed by atoms with Crippen LogP contribution in [0.15, 0.2) is 0 Å². The molecule has 4 saturated carbocycles. The predicted octanol–water partition coefficient (Wildman–Crippen LogP) is 2.86. The maximum absolute atomic E-state index is 6.84. The third kappa shape index (κ3) is 20.8. The molecule has 0 spiro atoms. The summed E-state index contributed by atoms with van der Waals surface area (Å²) in [6.45, 7) is 29.7. The van der Waals surface area contributed by atoms with Gasteiger partial charge in [-0.05, 0) is 154 Å². The van der Waals surface area contributed by atoms with Crippen LogP contribution < -0.4 is 42.5 Å². The summed E-state index contributed by atoms with van der Waals surface area (Å²) < 4.78 is 101. The number of hydrogen-bond acceptors (Lipinski definition) is 24. The van der Waals surface area contributed by atoms with E-state index in [1.807, 2.05) is 55.4 Å². The maximum atomic E-state index is 6.84. The van der Waals surface area contributed by atoms with E-state index in [9.17, 15) is 0 Å². The summed E-state index contributed by atoms with van der Waals surface area (Å²) in [7, 11) is 0. The molecule has 25 heteroatoms. The van der Waals surface area contributed by atoms with Gasteiger partial charge in [-0.1, -0.05) is 0 Å². The number of fused-ring (bicyclic) bond motifs is 20. The fourth-order valence-corrected chi connectivity index (χ4v) is 16.4. The fourth-order valence-electron chi connectivity index (χ4n) is 16.4. The van der Waals surface area contributed by atoms with Gasteiger partial charge in [0, 0.05) is 72.3 Å². The largest absolute Gasteiger partial charge is 0.379 e. The second kappa shape index (κ2) is 40.4. The number of nitrogens with one attached hydrogen (secondary N) is 8. The molecule has 16 atom stereocenters. The third-order valence-corrected chi connectivity index (χ3v) is 20.3. The fraction of sp³-hybridized carbons (Fsp3) is 1.00. The van der Waals surface area contributed by atoms with Crippen molar-refractivity contribution >= 4 is 0 Å². The van der Waals surface area contributed by atoms with Gasteiger partial charge in [0.25, 0.3) is 0 Å². The van der Waals surface area contributed by atoms with Gasteiger partial charge in [0.2, 0.25) is 0 Å². The monoisotopic (exact) mass is 1320 g/mol. The van der Waals surface area contributed by atoms with Crippen LogP contribution in [0.1, 0.15) is 107 Å². The molecule has 4 aliphatic carbocycles. The molecule has 0 aromatic rings. The van der Waals surface area contributed by atoms with Crippen molar-refractivity contribution in [3.63, 3.8) is 0 Å². The van der Waals surface area contributed by atoms with Gasteiger partial charge in [-0.25, -0.2) is 0 Å². The Kier molecular flexibility index (Phi) is 33.8. The van der Waals surface area contributed by atoms with E-state index in [1.54, 1.807) is 0 Å². The SMILES string of the molecule is CCOCCOC1CC2C3NC(NC4NC(NC5NC(NC6NC(N3)C3CC(OCCOCC)C(OCCOCC)CC63)C3CC(OCCOCC)C(OCCOCC)CC53)C3CC(OCCOCC)C(OCCOCC)CC43)C2CC1OCCOCC.[Zn]. The van der Waals surface area contributed by atoms with E-state index < -0.39 is 0 Å². The van der Waals surface area contributed by atoms with E-state index in [0.717, 1.165) is 51.4 Å². The van der Waals surface area contributed by atoms with Crippen LogP contribution in [-0.2, 0) is 95.3 Å². The van der Waals surface area contributed by atoms with Crippen molar-refractivity contribution in [2.75, 3.05) is 159 Å². The normalized spacial score (nSPS) is 39.1. The predicted molar refractivity (Wildman–Crippen MR) is 330 cm³/mol. The summed E-state index contributed by atoms with van der Waals surface area (Å²) in [5.74, 6) is 1.56. The zero-order valence-corrected chi connectivity index (χ0v) is 58.7. The second-order valence-corrected chi connectivity index (χ2v) is 25.2. The van der Waals surface area contributed by atoms with Crippen LogP contribution in [0, 0.1) is 47.3 Å². The molecule has 9 aliphatic rings. The standard InChI is InChI=1S/C64H120N8O16.Zn/c1-9-73-17-25-81-49-33-41-42(34-50(49)82-26-18-74-10-2)58-65-57(41)69-59-43-35-51(83-27-19-75-11-3)52(84-28-20-76-12-4)36-44(43)61(66-59)71-63-47-39-55(87-31-23-79-15-7)56(88-32-24-80-16-8)40-48(47)64(68-63)72-62-46-38-54(86-30-22-78-14-6)53(85-29-21-77-13-5)37-45(46)60(67-62)70-58;/h41-72H,9-40H2,1-8H3;. The van der Waals surface area contributed by atoms with Gasteiger partial charge in [0.05, 0.1) is 204 Å². The quantitative estimate of drug-likeness (QED) is 0.0325. The van der Waals surface area contributed by atoms with Crippen molar-refractivity contribution < 1.29 is 95.3 Å². The minimum absolute atomic E-state index is 0. The van der Waals surface area contributed by atoms with E-state index in [0.29, 0.717) is 159 Å². The van der Waals surface area contributed by atoms with Gasteiger partial charge in [-0.2, -0.15) is 0 Å². The van der Waals surface area contributed by atoms with Gasteiger partial charge in [0.1, 0.15) is 0 Å². The molecule has 8 N–H and O–H groups in total. The van der Waals surface area contributed by atoms with E-state index in [2.05, 4.69) is 42.5 Å². The first-order chi connectivity index (χ1) is 43.3. The molecule has 5 heterocycles. The Balaban J connectivity index is 0.0000102. The topological polar surface area (TPSA) is 244 Å². The Bertz CT molecular complexity index is 1520. The van der Waals surface area contributed by atoms with E-state index in [4.69, 9.17) is 75.8 Å². The molecular weight excluding hydrogens is 1200 g/mol. The Morgan fingerprint density at radius 3 is 0.404 bits per heavy atom. The van der Waals surface area contributed by atoms with E-state index >= 15 is 0 Å². The Hall–Kier alpha value is -0.337. The Morgan fingerprint density at radius 1 is 0.191 bits per heavy atom. The van der Waals surface area contributed by atoms with Crippen molar-refractivity contribution in [1.82, 2.24) is 42.5 Å². The molecule has 16 unspecified atom stereocenters. The summed E-state index contributed by atoms with van der Waals surface area (Å²) in [5.41, 5.74) is 0. The molecule has 0 aromatic heterocycles. The van der Waals surface area contributed by atoms with Crippen LogP contribution in [0.3, 0.4) is 0 Å². The van der Waals surface area contributed by atoms with E-state index in [1.165, 1.54) is 0 Å². The first-order valence-electron chi connectivity index (χ1n) is 35.0. The summed E-state index contributed by atoms with van der Waals surface area (Å²) in [5, 5.41) is 34.5. The first kappa shape index (κ1) is 74.5. The summed E-state index contributed by atoms with van der Waals surface area (Å²) >= 11 is 0. The minimum atomic E-state index is -0.129. The summed E-state index contributed by atoms with van der Waals surface area (Å²) in [6.07, 6.45) is 4.85. The molecule has 89 heavy (non-hydrogen) atoms. The average molecular weight is 1320 g/mol. The number of rotatable bonds is 40. The molecule has 24 nitrogen and oxygen atoms in total. The van der Waals surface area contributed by atoms with Gasteiger partial charge in [0.15, 0.2) is 0 Å². The van der Waals surface area contributed by atoms with E-state index in [-0.39, 0.29) is 165 Å². The average Bonchev–Trinajstić information content (AvgIpc) is 1.81. The van der Waals surface area contributed by atoms with Crippen LogP contribution in [0.2, 0.25) is 0 Å². The van der Waals surface area contributed by atoms with Crippen LogP contribution in [0.25, 0.3) is 0 Å². The molecule has 5 aliphatic heterocycles. The molecule has 514 valence electrons. The summed E-state index contributed by atoms with van der Waals surface area (Å²) in [4.78, 5) is 0. The van der Waals surface area contributed by atoms with Crippen LogP contribution >= 0.6 is 0 Å². The van der Waals surface area contributed by atoms with Gasteiger partial charge < -0.3 is 75.8 Å². The van der Waals surface area contributed by atoms with Crippen molar-refractivity contribution in [1.29, 1.82) is 0 Å². The van der Waals surface area contributed by atoms with Crippen LogP contribution in [0.5, 0.6) is 0 Å². The van der Waals surface area contributed by atoms with Crippen molar-refractivity contribution in [3.05, 3.63) is 0 Å². The Morgan fingerprint density at radius 2 is 0.303 bits per heavy atom. The minimum Gasteiger partial charge on any atom is -0.379 e. The zero-order chi connectivity index (χ0) is 61.5. The molecule has 0 radical (unpaired) electrons. The van der Waals surface area contributed by atoms with Crippen molar-refractivity contribution in [2.45, 2.75) is 205 Å². The van der Waals surface area contributed by atoms with Crippen LogP contribution in [-0.4, -0.2) is 257 Å². The smallest absolute Gasteiger partial charge is 0.0841 e. The van der Waals surface area contributed by atoms with Gasteiger partial charge in [-0.15, -0.1) is 0 Å². The molecule has 0 aromatic carbocycles. The molecule has 5 saturated heterocycles. The van der Waals surface area contributed by atoms with Gasteiger partial charge in [-0.3, -0.25) is 42.5 Å². The van der Waals surface area contributed by atoms with Crippen molar-refractivity contribution in [2.24, 2.45) is 47.3 Å². The molecule has 8 bridgehead atoms. The number of ether oxygens (including phenoxy) is 16. The van der Waals surface area contributed by atoms with Gasteiger partial charge >= 0.3 is 0 Å². The second-order valence-electron chi connectivity index (χ2n) is 25.2. The third-order valence-electron chi connectivity index (χ3n) is 20.3. The molecule has 0 amide bonds. The summed E-state index contributed by atoms with van der Waals surface area (Å²) in [6, 6.07) is 0. The van der Waals surface area contributed by atoms with Crippen LogP contribution in [0.4, 0.5) is 0 Å². The van der Waals surface area contributed by atoms with Crippen molar-refractivity contribution in [3.8, 4) is 0 Å². The molecule has 9 fully saturated rings. The number of hydrogen-bond donors (Lipinski definition) is 8. The maximum Gasteiger partial charge on any atom is 0.0841 e. The Labute approximate surface area is 546 Å². The first-order valence-corrected chi connectivity index (χ1v) is 35.0.